The Hall–Kier alpha value is -1.02. The summed E-state index contributed by atoms with van der Waals surface area (Å²) in [7, 11) is 0. The van der Waals surface area contributed by atoms with E-state index in [0.717, 1.165) is 13.1 Å². The average molecular weight is 244 g/mol. The molecule has 2 nitrogen and oxygen atoms in total. The summed E-state index contributed by atoms with van der Waals surface area (Å²) in [5, 5.41) is 0. The molecule has 2 N–H and O–H groups in total. The molecule has 2 heteroatoms. The third-order valence-corrected chi connectivity index (χ3v) is 5.02. The van der Waals surface area contributed by atoms with Crippen molar-refractivity contribution in [3.8, 4) is 0 Å². The smallest absolute Gasteiger partial charge is 0.0401 e. The fourth-order valence-corrected chi connectivity index (χ4v) is 3.47. The molecule has 1 saturated carbocycles. The molecule has 1 aliphatic carbocycles. The van der Waals surface area contributed by atoms with Gasteiger partial charge in [-0.25, -0.2) is 0 Å². The maximum Gasteiger partial charge on any atom is 0.0401 e. The van der Waals surface area contributed by atoms with Crippen LogP contribution in [0.15, 0.2) is 24.3 Å². The maximum atomic E-state index is 6.02. The number of nitrogens with zero attached hydrogens (tertiary/aromatic N) is 1. The fraction of sp³-hybridized carbons (Fsp3) is 0.625. The third kappa shape index (κ3) is 1.93. The third-order valence-electron chi connectivity index (χ3n) is 5.02. The summed E-state index contributed by atoms with van der Waals surface area (Å²) in [6.45, 7) is 4.36. The summed E-state index contributed by atoms with van der Waals surface area (Å²) in [5.41, 5.74) is 9.40. The van der Waals surface area contributed by atoms with Crippen molar-refractivity contribution < 1.29 is 0 Å². The minimum absolute atomic E-state index is 0.401. The molecule has 1 unspecified atom stereocenters. The lowest BCUT2D eigenvalue weighted by molar-refractivity contribution is 0.148. The van der Waals surface area contributed by atoms with Crippen LogP contribution in [0.1, 0.15) is 38.2 Å². The molecule has 0 spiro atoms. The van der Waals surface area contributed by atoms with E-state index in [9.17, 15) is 0 Å². The zero-order chi connectivity index (χ0) is 12.6. The lowest BCUT2D eigenvalue weighted by atomic mass is 9.68. The fourth-order valence-electron chi connectivity index (χ4n) is 3.47. The van der Waals surface area contributed by atoms with Crippen LogP contribution >= 0.6 is 0 Å². The van der Waals surface area contributed by atoms with Crippen LogP contribution in [0.5, 0.6) is 0 Å². The Morgan fingerprint density at radius 3 is 2.78 bits per heavy atom. The van der Waals surface area contributed by atoms with Crippen LogP contribution < -0.4 is 10.6 Å². The Morgan fingerprint density at radius 2 is 2.11 bits per heavy atom. The first-order valence-electron chi connectivity index (χ1n) is 7.29. The van der Waals surface area contributed by atoms with Crippen LogP contribution in [0.3, 0.4) is 0 Å². The summed E-state index contributed by atoms with van der Waals surface area (Å²) in [6, 6.07) is 9.55. The molecule has 1 aromatic carbocycles. The molecule has 0 radical (unpaired) electrons. The van der Waals surface area contributed by atoms with Gasteiger partial charge in [-0.1, -0.05) is 24.6 Å². The van der Waals surface area contributed by atoms with Gasteiger partial charge in [-0.15, -0.1) is 0 Å². The highest BCUT2D eigenvalue weighted by Gasteiger charge is 2.39. The molecule has 1 aliphatic heterocycles. The molecule has 18 heavy (non-hydrogen) atoms. The predicted octanol–water partition coefficient (Wildman–Crippen LogP) is 2.96. The van der Waals surface area contributed by atoms with Crippen molar-refractivity contribution in [2.24, 2.45) is 11.1 Å². The number of para-hydroxylation sites is 1. The summed E-state index contributed by atoms with van der Waals surface area (Å²) >= 11 is 0. The van der Waals surface area contributed by atoms with Crippen molar-refractivity contribution >= 4 is 5.69 Å². The number of nitrogens with two attached hydrogens (primary N) is 1. The molecular weight excluding hydrogens is 220 g/mol. The van der Waals surface area contributed by atoms with Crippen molar-refractivity contribution in [1.82, 2.24) is 0 Å². The summed E-state index contributed by atoms with van der Waals surface area (Å²) in [5.74, 6) is 0. The van der Waals surface area contributed by atoms with E-state index in [2.05, 4.69) is 36.1 Å². The van der Waals surface area contributed by atoms with E-state index in [4.69, 9.17) is 5.73 Å². The van der Waals surface area contributed by atoms with Gasteiger partial charge in [0.15, 0.2) is 0 Å². The summed E-state index contributed by atoms with van der Waals surface area (Å²) < 4.78 is 0. The summed E-state index contributed by atoms with van der Waals surface area (Å²) in [4.78, 5) is 2.62. The second-order valence-electron chi connectivity index (χ2n) is 6.20. The van der Waals surface area contributed by atoms with E-state index in [1.54, 1.807) is 0 Å². The molecule has 1 heterocycles. The molecule has 1 fully saturated rings. The zero-order valence-electron chi connectivity index (χ0n) is 11.4. The Bertz CT molecular complexity index is 417. The van der Waals surface area contributed by atoms with Gasteiger partial charge in [-0.3, -0.25) is 0 Å². The SMILES string of the molecule is CC1CCc2ccccc2N1CC1(CN)CCC1. The van der Waals surface area contributed by atoms with E-state index >= 15 is 0 Å². The molecule has 0 amide bonds. The number of rotatable bonds is 3. The van der Waals surface area contributed by atoms with Crippen LogP contribution in [-0.4, -0.2) is 19.1 Å². The number of anilines is 1. The van der Waals surface area contributed by atoms with E-state index in [1.807, 2.05) is 0 Å². The highest BCUT2D eigenvalue weighted by Crippen LogP contribution is 2.43. The average Bonchev–Trinajstić information content (AvgIpc) is 2.36. The van der Waals surface area contributed by atoms with Crippen molar-refractivity contribution in [2.45, 2.75) is 45.1 Å². The lowest BCUT2D eigenvalue weighted by Gasteiger charge is -2.48. The van der Waals surface area contributed by atoms with Crippen LogP contribution in [0.2, 0.25) is 0 Å². The van der Waals surface area contributed by atoms with Crippen LogP contribution in [0, 0.1) is 5.41 Å². The molecule has 0 bridgehead atoms. The molecule has 1 atom stereocenters. The first-order chi connectivity index (χ1) is 8.74. The van der Waals surface area contributed by atoms with Gasteiger partial charge in [0, 0.05) is 23.7 Å². The van der Waals surface area contributed by atoms with E-state index in [0.29, 0.717) is 11.5 Å². The first-order valence-corrected chi connectivity index (χ1v) is 7.29. The van der Waals surface area contributed by atoms with Crippen LogP contribution in [-0.2, 0) is 6.42 Å². The number of hydrogen-bond acceptors (Lipinski definition) is 2. The number of fused-ring (bicyclic) bond motifs is 1. The second-order valence-corrected chi connectivity index (χ2v) is 6.20. The standard InChI is InChI=1S/C16H24N2/c1-13-7-8-14-5-2-3-6-15(14)18(13)12-16(11-17)9-4-10-16/h2-3,5-6,13H,4,7-12,17H2,1H3. The number of benzene rings is 1. The Labute approximate surface area is 110 Å². The minimum atomic E-state index is 0.401. The van der Waals surface area contributed by atoms with Crippen molar-refractivity contribution in [3.05, 3.63) is 29.8 Å². The van der Waals surface area contributed by atoms with Gasteiger partial charge in [0.2, 0.25) is 0 Å². The van der Waals surface area contributed by atoms with E-state index in [-0.39, 0.29) is 0 Å². The van der Waals surface area contributed by atoms with Gasteiger partial charge in [-0.2, -0.15) is 0 Å². The van der Waals surface area contributed by atoms with Crippen molar-refractivity contribution in [1.29, 1.82) is 0 Å². The predicted molar refractivity (Wildman–Crippen MR) is 76.9 cm³/mol. The topological polar surface area (TPSA) is 29.3 Å². The normalized spacial score (nSPS) is 25.4. The van der Waals surface area contributed by atoms with Gasteiger partial charge in [0.1, 0.15) is 0 Å². The van der Waals surface area contributed by atoms with Gasteiger partial charge in [-0.05, 0) is 50.8 Å². The monoisotopic (exact) mass is 244 g/mol. The first kappa shape index (κ1) is 12.0. The van der Waals surface area contributed by atoms with E-state index in [1.165, 1.54) is 43.4 Å². The van der Waals surface area contributed by atoms with Gasteiger partial charge in [0.25, 0.3) is 0 Å². The lowest BCUT2D eigenvalue weighted by Crippen LogP contribution is -2.51. The molecule has 0 saturated heterocycles. The number of hydrogen-bond donors (Lipinski definition) is 1. The van der Waals surface area contributed by atoms with Gasteiger partial charge >= 0.3 is 0 Å². The quantitative estimate of drug-likeness (QED) is 0.885. The molecule has 2 aliphatic rings. The van der Waals surface area contributed by atoms with Gasteiger partial charge in [0.05, 0.1) is 0 Å². The maximum absolute atomic E-state index is 6.02. The minimum Gasteiger partial charge on any atom is -0.368 e. The van der Waals surface area contributed by atoms with Crippen molar-refractivity contribution in [2.75, 3.05) is 18.0 Å². The molecular formula is C16H24N2. The van der Waals surface area contributed by atoms with Crippen molar-refractivity contribution in [3.63, 3.8) is 0 Å². The highest BCUT2D eigenvalue weighted by molar-refractivity contribution is 5.56. The molecule has 0 aromatic heterocycles. The van der Waals surface area contributed by atoms with Crippen LogP contribution in [0.4, 0.5) is 5.69 Å². The largest absolute Gasteiger partial charge is 0.368 e. The zero-order valence-corrected chi connectivity index (χ0v) is 11.4. The van der Waals surface area contributed by atoms with Gasteiger partial charge < -0.3 is 10.6 Å². The van der Waals surface area contributed by atoms with E-state index < -0.39 is 0 Å². The molecule has 1 aromatic rings. The Morgan fingerprint density at radius 1 is 1.33 bits per heavy atom. The Balaban J connectivity index is 1.86. The molecule has 98 valence electrons. The Kier molecular flexibility index (Phi) is 3.06. The van der Waals surface area contributed by atoms with Crippen LogP contribution in [0.25, 0.3) is 0 Å². The molecule has 3 rings (SSSR count). The summed E-state index contributed by atoms with van der Waals surface area (Å²) in [6.07, 6.45) is 6.49. The second kappa shape index (κ2) is 4.58. The number of aryl methyl sites for hydroxylation is 1. The highest BCUT2D eigenvalue weighted by atomic mass is 15.2.